The molecule has 0 bridgehead atoms. The number of benzene rings is 1. The number of carbonyl (C=O) groups is 2. The Balaban J connectivity index is 2.11. The van der Waals surface area contributed by atoms with Crippen molar-refractivity contribution in [3.8, 4) is 0 Å². The van der Waals surface area contributed by atoms with E-state index in [9.17, 15) is 9.59 Å². The van der Waals surface area contributed by atoms with Gasteiger partial charge in [0, 0.05) is 17.6 Å². The zero-order valence-corrected chi connectivity index (χ0v) is 10.3. The van der Waals surface area contributed by atoms with Crippen LogP contribution < -0.4 is 11.1 Å². The third-order valence-electron chi connectivity index (χ3n) is 3.44. The number of amides is 2. The molecule has 1 saturated heterocycles. The Morgan fingerprint density at radius 3 is 2.94 bits per heavy atom. The van der Waals surface area contributed by atoms with E-state index in [1.807, 2.05) is 0 Å². The van der Waals surface area contributed by atoms with Gasteiger partial charge in [-0.15, -0.1) is 0 Å². The molecule has 3 N–H and O–H groups in total. The predicted molar refractivity (Wildman–Crippen MR) is 67.5 cm³/mol. The molecule has 0 radical (unpaired) electrons. The molecule has 2 heterocycles. The standard InChI is InChI=1S/C12H12ClN3O2/c13-6-1-2-7-9(5-6)15-11(17)10-8(14)3-4-16(10)12(7)18/h1-2,5,8,10H,3-4,14H2,(H,15,17)/t8-,10+/m0/s1. The highest BCUT2D eigenvalue weighted by Gasteiger charge is 2.43. The van der Waals surface area contributed by atoms with Crippen molar-refractivity contribution in [2.24, 2.45) is 5.73 Å². The minimum Gasteiger partial charge on any atom is -0.325 e. The molecule has 94 valence electrons. The van der Waals surface area contributed by atoms with Gasteiger partial charge in [0.15, 0.2) is 0 Å². The van der Waals surface area contributed by atoms with E-state index in [2.05, 4.69) is 5.32 Å². The lowest BCUT2D eigenvalue weighted by molar-refractivity contribution is -0.119. The van der Waals surface area contributed by atoms with Crippen molar-refractivity contribution in [2.75, 3.05) is 11.9 Å². The van der Waals surface area contributed by atoms with Crippen molar-refractivity contribution < 1.29 is 9.59 Å². The lowest BCUT2D eigenvalue weighted by atomic mass is 10.1. The summed E-state index contributed by atoms with van der Waals surface area (Å²) in [7, 11) is 0. The van der Waals surface area contributed by atoms with E-state index < -0.39 is 6.04 Å². The minimum atomic E-state index is -0.580. The SMILES string of the molecule is N[C@H]1CCN2C(=O)c3ccc(Cl)cc3NC(=O)[C@@H]12. The smallest absolute Gasteiger partial charge is 0.256 e. The van der Waals surface area contributed by atoms with Gasteiger partial charge in [-0.1, -0.05) is 11.6 Å². The van der Waals surface area contributed by atoms with Crippen LogP contribution in [0, 0.1) is 0 Å². The molecule has 2 atom stereocenters. The largest absolute Gasteiger partial charge is 0.325 e. The summed E-state index contributed by atoms with van der Waals surface area (Å²) in [5.74, 6) is -0.410. The van der Waals surface area contributed by atoms with E-state index >= 15 is 0 Å². The highest BCUT2D eigenvalue weighted by Crippen LogP contribution is 2.29. The van der Waals surface area contributed by atoms with Gasteiger partial charge in [0.2, 0.25) is 5.91 Å². The molecule has 0 aliphatic carbocycles. The Morgan fingerprint density at radius 1 is 1.39 bits per heavy atom. The molecule has 5 nitrogen and oxygen atoms in total. The summed E-state index contributed by atoms with van der Waals surface area (Å²) >= 11 is 5.87. The molecule has 2 amide bonds. The summed E-state index contributed by atoms with van der Waals surface area (Å²) < 4.78 is 0. The van der Waals surface area contributed by atoms with Crippen LogP contribution in [-0.4, -0.2) is 35.3 Å². The summed E-state index contributed by atoms with van der Waals surface area (Å²) in [6, 6.07) is 3.97. The minimum absolute atomic E-state index is 0.169. The summed E-state index contributed by atoms with van der Waals surface area (Å²) in [5, 5.41) is 3.21. The van der Waals surface area contributed by atoms with E-state index in [4.69, 9.17) is 17.3 Å². The van der Waals surface area contributed by atoms with Gasteiger partial charge in [0.25, 0.3) is 5.91 Å². The molecule has 0 aromatic heterocycles. The van der Waals surface area contributed by atoms with Crippen molar-refractivity contribution in [2.45, 2.75) is 18.5 Å². The van der Waals surface area contributed by atoms with Crippen LogP contribution in [-0.2, 0) is 4.79 Å². The molecule has 2 aliphatic rings. The van der Waals surface area contributed by atoms with Crippen molar-refractivity contribution in [3.05, 3.63) is 28.8 Å². The number of rotatable bonds is 0. The van der Waals surface area contributed by atoms with Gasteiger partial charge in [-0.3, -0.25) is 9.59 Å². The fourth-order valence-electron chi connectivity index (χ4n) is 2.55. The van der Waals surface area contributed by atoms with Crippen molar-refractivity contribution >= 4 is 29.1 Å². The highest BCUT2D eigenvalue weighted by molar-refractivity contribution is 6.31. The normalized spacial score (nSPS) is 26.4. The molecule has 0 saturated carbocycles. The van der Waals surface area contributed by atoms with Gasteiger partial charge in [-0.05, 0) is 24.6 Å². The monoisotopic (exact) mass is 265 g/mol. The third kappa shape index (κ3) is 1.59. The lowest BCUT2D eigenvalue weighted by Crippen LogP contribution is -2.48. The van der Waals surface area contributed by atoms with E-state index in [1.165, 1.54) is 0 Å². The Bertz CT molecular complexity index is 546. The topological polar surface area (TPSA) is 75.4 Å². The van der Waals surface area contributed by atoms with E-state index in [-0.39, 0.29) is 17.9 Å². The number of fused-ring (bicyclic) bond motifs is 2. The second kappa shape index (κ2) is 3.96. The fraction of sp³-hybridized carbons (Fsp3) is 0.333. The maximum atomic E-state index is 12.4. The van der Waals surface area contributed by atoms with Crippen LogP contribution in [0.4, 0.5) is 5.69 Å². The number of nitrogens with one attached hydrogen (secondary N) is 1. The maximum Gasteiger partial charge on any atom is 0.256 e. The molecule has 1 fully saturated rings. The number of nitrogens with zero attached hydrogens (tertiary/aromatic N) is 1. The molecule has 0 spiro atoms. The third-order valence-corrected chi connectivity index (χ3v) is 3.68. The van der Waals surface area contributed by atoms with Crippen LogP contribution in [0.15, 0.2) is 18.2 Å². The van der Waals surface area contributed by atoms with Crippen LogP contribution in [0.3, 0.4) is 0 Å². The first-order valence-electron chi connectivity index (χ1n) is 5.75. The first-order chi connectivity index (χ1) is 8.58. The first kappa shape index (κ1) is 11.5. The Hall–Kier alpha value is -1.59. The lowest BCUT2D eigenvalue weighted by Gasteiger charge is -2.22. The van der Waals surface area contributed by atoms with E-state index in [0.717, 1.165) is 0 Å². The number of nitrogens with two attached hydrogens (primary N) is 1. The maximum absolute atomic E-state index is 12.4. The van der Waals surface area contributed by atoms with Crippen LogP contribution in [0.5, 0.6) is 0 Å². The summed E-state index contributed by atoms with van der Waals surface area (Å²) in [4.78, 5) is 26.0. The summed E-state index contributed by atoms with van der Waals surface area (Å²) in [5.41, 5.74) is 6.82. The van der Waals surface area contributed by atoms with Crippen molar-refractivity contribution in [3.63, 3.8) is 0 Å². The molecule has 18 heavy (non-hydrogen) atoms. The average Bonchev–Trinajstić information content (AvgIpc) is 2.66. The van der Waals surface area contributed by atoms with Crippen LogP contribution in [0.2, 0.25) is 5.02 Å². The van der Waals surface area contributed by atoms with Gasteiger partial charge < -0.3 is 16.0 Å². The summed E-state index contributed by atoms with van der Waals surface area (Å²) in [6.45, 7) is 0.514. The molecule has 3 rings (SSSR count). The molecule has 0 unspecified atom stereocenters. The van der Waals surface area contributed by atoms with Crippen LogP contribution >= 0.6 is 11.6 Å². The van der Waals surface area contributed by atoms with Gasteiger partial charge in [-0.25, -0.2) is 0 Å². The average molecular weight is 266 g/mol. The number of halogens is 1. The number of anilines is 1. The summed E-state index contributed by atoms with van der Waals surface area (Å²) in [6.07, 6.45) is 0.646. The van der Waals surface area contributed by atoms with Crippen molar-refractivity contribution in [1.29, 1.82) is 0 Å². The van der Waals surface area contributed by atoms with Crippen LogP contribution in [0.1, 0.15) is 16.8 Å². The van der Waals surface area contributed by atoms with Crippen molar-refractivity contribution in [1.82, 2.24) is 4.90 Å². The first-order valence-corrected chi connectivity index (χ1v) is 6.12. The molecular formula is C12H12ClN3O2. The molecule has 1 aromatic carbocycles. The van der Waals surface area contributed by atoms with E-state index in [1.54, 1.807) is 23.1 Å². The second-order valence-electron chi connectivity index (χ2n) is 4.58. The molecular weight excluding hydrogens is 254 g/mol. The molecule has 2 aliphatic heterocycles. The Morgan fingerprint density at radius 2 is 2.17 bits per heavy atom. The fourth-order valence-corrected chi connectivity index (χ4v) is 2.72. The van der Waals surface area contributed by atoms with Gasteiger partial charge in [0.05, 0.1) is 11.3 Å². The van der Waals surface area contributed by atoms with Crippen LogP contribution in [0.25, 0.3) is 0 Å². The van der Waals surface area contributed by atoms with E-state index in [0.29, 0.717) is 29.2 Å². The van der Waals surface area contributed by atoms with Gasteiger partial charge in [-0.2, -0.15) is 0 Å². The quantitative estimate of drug-likeness (QED) is 0.730. The zero-order chi connectivity index (χ0) is 12.9. The predicted octanol–water partition coefficient (Wildman–Crippen LogP) is 0.834. The van der Waals surface area contributed by atoms with Gasteiger partial charge in [0.1, 0.15) is 6.04 Å². The zero-order valence-electron chi connectivity index (χ0n) is 9.52. The number of hydrogen-bond donors (Lipinski definition) is 2. The number of carbonyl (C=O) groups excluding carboxylic acids is 2. The number of hydrogen-bond acceptors (Lipinski definition) is 3. The highest BCUT2D eigenvalue weighted by atomic mass is 35.5. The Kier molecular flexibility index (Phi) is 2.53. The molecule has 6 heteroatoms. The Labute approximate surface area is 109 Å². The molecule has 1 aromatic rings. The second-order valence-corrected chi connectivity index (χ2v) is 5.01. The van der Waals surface area contributed by atoms with Gasteiger partial charge >= 0.3 is 0 Å².